The fraction of sp³-hybridized carbons (Fsp3) is 0.353. The topological polar surface area (TPSA) is 57.0 Å². The Morgan fingerprint density at radius 1 is 0.923 bits per heavy atom. The van der Waals surface area contributed by atoms with E-state index in [1.165, 1.54) is 5.56 Å². The van der Waals surface area contributed by atoms with Crippen LogP contribution in [-0.4, -0.2) is 22.8 Å². The quantitative estimate of drug-likeness (QED) is 0.132. The second kappa shape index (κ2) is 13.3. The fourth-order valence-corrected chi connectivity index (χ4v) is 5.00. The Balaban J connectivity index is 1.52. The highest BCUT2D eigenvalue weighted by atomic mass is 16.5. The number of benzene rings is 2. The zero-order valence-corrected chi connectivity index (χ0v) is 23.5. The highest BCUT2D eigenvalue weighted by molar-refractivity contribution is 6.13. The van der Waals surface area contributed by atoms with Crippen molar-refractivity contribution in [3.63, 3.8) is 0 Å². The number of pyridine rings is 1. The molecule has 5 heteroatoms. The van der Waals surface area contributed by atoms with Crippen LogP contribution < -0.4 is 4.74 Å². The molecule has 0 spiro atoms. The van der Waals surface area contributed by atoms with Gasteiger partial charge in [0, 0.05) is 29.4 Å². The van der Waals surface area contributed by atoms with Gasteiger partial charge in [0.2, 0.25) is 0 Å². The zero-order valence-electron chi connectivity index (χ0n) is 23.5. The molecule has 2 aromatic carbocycles. The van der Waals surface area contributed by atoms with Gasteiger partial charge in [0.15, 0.2) is 5.78 Å². The number of carbonyl (C=O) groups is 2. The number of aromatic nitrogens is 1. The number of ether oxygens (including phenoxy) is 2. The van der Waals surface area contributed by atoms with E-state index in [0.29, 0.717) is 48.7 Å². The van der Waals surface area contributed by atoms with E-state index in [-0.39, 0.29) is 17.9 Å². The fourth-order valence-electron chi connectivity index (χ4n) is 5.00. The van der Waals surface area contributed by atoms with Gasteiger partial charge in [-0.25, -0.2) is 0 Å². The van der Waals surface area contributed by atoms with Gasteiger partial charge in [-0.2, -0.15) is 0 Å². The maximum absolute atomic E-state index is 13.7. The predicted molar refractivity (Wildman–Crippen MR) is 155 cm³/mol. The molecule has 204 valence electrons. The van der Waals surface area contributed by atoms with Crippen LogP contribution in [0.4, 0.5) is 0 Å². The molecule has 39 heavy (non-hydrogen) atoms. The maximum Gasteiger partial charge on any atom is 0.305 e. The standard InChI is InChI=1S/C34H39NO4/c1-5-32(26-18-16-25(17-19-26)21-24(3)4)39-29-13-9-11-27(22-29)34(37)30-23-28(12-10-15-33(36)38-6-2)35-20-8-7-14-31(30)35/h7-9,11,13-14,16-20,22-24,32H,5-6,10,12,15,21H2,1-4H3. The minimum Gasteiger partial charge on any atom is -0.486 e. The van der Waals surface area contributed by atoms with E-state index in [0.717, 1.165) is 29.6 Å². The van der Waals surface area contributed by atoms with Gasteiger partial charge in [-0.3, -0.25) is 9.59 Å². The summed E-state index contributed by atoms with van der Waals surface area (Å²) in [6.45, 7) is 8.76. The van der Waals surface area contributed by atoms with Gasteiger partial charge in [0.25, 0.3) is 0 Å². The van der Waals surface area contributed by atoms with Gasteiger partial charge in [-0.1, -0.05) is 63.2 Å². The van der Waals surface area contributed by atoms with E-state index in [9.17, 15) is 9.59 Å². The Hall–Kier alpha value is -3.86. The Kier molecular flexibility index (Phi) is 9.59. The number of fused-ring (bicyclic) bond motifs is 1. The van der Waals surface area contributed by atoms with E-state index < -0.39 is 0 Å². The van der Waals surface area contributed by atoms with Crippen LogP contribution in [0.5, 0.6) is 5.75 Å². The molecule has 0 amide bonds. The summed E-state index contributed by atoms with van der Waals surface area (Å²) in [5, 5.41) is 0. The van der Waals surface area contributed by atoms with Crippen LogP contribution in [0.2, 0.25) is 0 Å². The molecule has 0 aliphatic rings. The van der Waals surface area contributed by atoms with Crippen LogP contribution >= 0.6 is 0 Å². The Morgan fingerprint density at radius 2 is 1.72 bits per heavy atom. The molecule has 0 N–H and O–H groups in total. The van der Waals surface area contributed by atoms with Crippen molar-refractivity contribution in [2.45, 2.75) is 65.9 Å². The molecule has 0 bridgehead atoms. The van der Waals surface area contributed by atoms with E-state index in [1.54, 1.807) is 0 Å². The number of ketones is 1. The van der Waals surface area contributed by atoms with Crippen molar-refractivity contribution in [3.05, 3.63) is 107 Å². The number of hydrogen-bond acceptors (Lipinski definition) is 4. The summed E-state index contributed by atoms with van der Waals surface area (Å²) in [6, 6.07) is 23.9. The molecular formula is C34H39NO4. The summed E-state index contributed by atoms with van der Waals surface area (Å²) in [5.74, 6) is 1.06. The van der Waals surface area contributed by atoms with Crippen molar-refractivity contribution in [3.8, 4) is 5.75 Å². The second-order valence-electron chi connectivity index (χ2n) is 10.4. The number of aryl methyl sites for hydroxylation is 1. The van der Waals surface area contributed by atoms with Gasteiger partial charge in [-0.05, 0) is 80.0 Å². The smallest absolute Gasteiger partial charge is 0.305 e. The molecule has 4 rings (SSSR count). The Bertz CT molecular complexity index is 1400. The number of rotatable bonds is 13. The molecule has 2 heterocycles. The molecule has 0 saturated heterocycles. The normalized spacial score (nSPS) is 12.0. The Morgan fingerprint density at radius 3 is 2.44 bits per heavy atom. The van der Waals surface area contributed by atoms with E-state index in [4.69, 9.17) is 9.47 Å². The molecule has 0 radical (unpaired) electrons. The van der Waals surface area contributed by atoms with Crippen molar-refractivity contribution in [1.82, 2.24) is 4.40 Å². The summed E-state index contributed by atoms with van der Waals surface area (Å²) in [5.41, 5.74) is 5.55. The predicted octanol–water partition coefficient (Wildman–Crippen LogP) is 7.78. The minimum atomic E-state index is -0.191. The molecule has 2 aromatic heterocycles. The van der Waals surface area contributed by atoms with Crippen molar-refractivity contribution >= 4 is 17.3 Å². The zero-order chi connectivity index (χ0) is 27.8. The highest BCUT2D eigenvalue weighted by Crippen LogP contribution is 2.28. The molecule has 0 fully saturated rings. The summed E-state index contributed by atoms with van der Waals surface area (Å²) in [7, 11) is 0. The third-order valence-corrected chi connectivity index (χ3v) is 6.86. The first-order valence-electron chi connectivity index (χ1n) is 14.0. The number of hydrogen-bond donors (Lipinski definition) is 0. The molecule has 0 aliphatic carbocycles. The Labute approximate surface area is 231 Å². The molecule has 4 aromatic rings. The van der Waals surface area contributed by atoms with Gasteiger partial charge < -0.3 is 13.9 Å². The number of nitrogens with zero attached hydrogens (tertiary/aromatic N) is 1. The molecule has 5 nitrogen and oxygen atoms in total. The van der Waals surface area contributed by atoms with Crippen LogP contribution in [0.15, 0.2) is 79.0 Å². The molecule has 1 atom stereocenters. The summed E-state index contributed by atoms with van der Waals surface area (Å²) in [6.07, 6.45) is 5.44. The molecular weight excluding hydrogens is 486 g/mol. The largest absolute Gasteiger partial charge is 0.486 e. The lowest BCUT2D eigenvalue weighted by molar-refractivity contribution is -0.143. The molecule has 1 unspecified atom stereocenters. The lowest BCUT2D eigenvalue weighted by Gasteiger charge is -2.19. The van der Waals surface area contributed by atoms with Gasteiger partial charge >= 0.3 is 5.97 Å². The third-order valence-electron chi connectivity index (χ3n) is 6.86. The minimum absolute atomic E-state index is 0.0492. The van der Waals surface area contributed by atoms with Gasteiger partial charge in [-0.15, -0.1) is 0 Å². The van der Waals surface area contributed by atoms with E-state index >= 15 is 0 Å². The number of esters is 1. The van der Waals surface area contributed by atoms with Crippen molar-refractivity contribution in [2.24, 2.45) is 5.92 Å². The summed E-state index contributed by atoms with van der Waals surface area (Å²) < 4.78 is 13.5. The summed E-state index contributed by atoms with van der Waals surface area (Å²) >= 11 is 0. The van der Waals surface area contributed by atoms with Crippen LogP contribution in [0, 0.1) is 5.92 Å². The first-order chi connectivity index (χ1) is 18.9. The highest BCUT2D eigenvalue weighted by Gasteiger charge is 2.19. The van der Waals surface area contributed by atoms with E-state index in [1.807, 2.05) is 66.1 Å². The first-order valence-corrected chi connectivity index (χ1v) is 14.0. The molecule has 0 saturated carbocycles. The maximum atomic E-state index is 13.7. The third kappa shape index (κ3) is 7.17. The van der Waals surface area contributed by atoms with Crippen molar-refractivity contribution in [2.75, 3.05) is 6.61 Å². The van der Waals surface area contributed by atoms with Gasteiger partial charge in [0.1, 0.15) is 11.9 Å². The molecule has 0 aliphatic heterocycles. The van der Waals surface area contributed by atoms with Crippen LogP contribution in [0.1, 0.15) is 85.8 Å². The van der Waals surface area contributed by atoms with Crippen molar-refractivity contribution < 1.29 is 19.1 Å². The number of carbonyl (C=O) groups excluding carboxylic acids is 2. The SMILES string of the molecule is CCOC(=O)CCCc1cc(C(=O)c2cccc(OC(CC)c3ccc(CC(C)C)cc3)c2)c2ccccn12. The van der Waals surface area contributed by atoms with Crippen LogP contribution in [-0.2, 0) is 22.4 Å². The second-order valence-corrected chi connectivity index (χ2v) is 10.4. The lowest BCUT2D eigenvalue weighted by Crippen LogP contribution is -2.08. The first kappa shape index (κ1) is 28.2. The average molecular weight is 526 g/mol. The van der Waals surface area contributed by atoms with E-state index in [2.05, 4.69) is 45.0 Å². The lowest BCUT2D eigenvalue weighted by atomic mass is 9.99. The summed E-state index contributed by atoms with van der Waals surface area (Å²) in [4.78, 5) is 25.5. The van der Waals surface area contributed by atoms with Gasteiger partial charge in [0.05, 0.1) is 12.1 Å². The monoisotopic (exact) mass is 525 g/mol. The van der Waals surface area contributed by atoms with Crippen molar-refractivity contribution in [1.29, 1.82) is 0 Å². The average Bonchev–Trinajstić information content (AvgIpc) is 3.30. The van der Waals surface area contributed by atoms with Crippen LogP contribution in [0.25, 0.3) is 5.52 Å². The van der Waals surface area contributed by atoms with Crippen LogP contribution in [0.3, 0.4) is 0 Å².